The Balaban J connectivity index is 2.55. The number of fused-ring (bicyclic) bond motifs is 1. The standard InChI is InChI=1S/C11H8Cl2N2O3/c1-2-18-11(17)6-3-8-9(12)7(10(13)16)4-14-15(8)5-6/h3-5H,2H2,1H3. The fourth-order valence-corrected chi connectivity index (χ4v) is 1.96. The third kappa shape index (κ3) is 2.19. The van der Waals surface area contributed by atoms with E-state index in [-0.39, 0.29) is 17.2 Å². The lowest BCUT2D eigenvalue weighted by molar-refractivity contribution is 0.0526. The second-order valence-electron chi connectivity index (χ2n) is 3.42. The van der Waals surface area contributed by atoms with Gasteiger partial charge in [-0.1, -0.05) is 11.6 Å². The highest BCUT2D eigenvalue weighted by Crippen LogP contribution is 2.24. The van der Waals surface area contributed by atoms with Gasteiger partial charge in [-0.15, -0.1) is 0 Å². The van der Waals surface area contributed by atoms with E-state index < -0.39 is 11.2 Å². The average Bonchev–Trinajstić information content (AvgIpc) is 2.74. The first-order chi connectivity index (χ1) is 8.54. The van der Waals surface area contributed by atoms with Gasteiger partial charge < -0.3 is 4.74 Å². The molecule has 2 aromatic rings. The van der Waals surface area contributed by atoms with E-state index in [2.05, 4.69) is 5.10 Å². The Labute approximate surface area is 112 Å². The largest absolute Gasteiger partial charge is 0.462 e. The molecule has 2 heterocycles. The molecule has 2 aromatic heterocycles. The van der Waals surface area contributed by atoms with E-state index >= 15 is 0 Å². The summed E-state index contributed by atoms with van der Waals surface area (Å²) < 4.78 is 6.25. The van der Waals surface area contributed by atoms with E-state index in [1.807, 2.05) is 0 Å². The van der Waals surface area contributed by atoms with Gasteiger partial charge in [-0.2, -0.15) is 5.10 Å². The Morgan fingerprint density at radius 3 is 2.83 bits per heavy atom. The van der Waals surface area contributed by atoms with Crippen LogP contribution in [0.25, 0.3) is 5.52 Å². The number of nitrogens with zero attached hydrogens (tertiary/aromatic N) is 2. The lowest BCUT2D eigenvalue weighted by Gasteiger charge is -1.99. The summed E-state index contributed by atoms with van der Waals surface area (Å²) in [6.45, 7) is 1.99. The molecule has 0 radical (unpaired) electrons. The van der Waals surface area contributed by atoms with E-state index in [0.29, 0.717) is 11.1 Å². The molecule has 0 unspecified atom stereocenters. The topological polar surface area (TPSA) is 60.7 Å². The number of ether oxygens (including phenoxy) is 1. The second-order valence-corrected chi connectivity index (χ2v) is 4.15. The zero-order valence-electron chi connectivity index (χ0n) is 9.31. The van der Waals surface area contributed by atoms with Crippen molar-refractivity contribution in [3.05, 3.63) is 34.6 Å². The number of halogens is 2. The summed E-state index contributed by atoms with van der Waals surface area (Å²) in [5.74, 6) is -0.474. The predicted molar refractivity (Wildman–Crippen MR) is 66.3 cm³/mol. The van der Waals surface area contributed by atoms with Crippen LogP contribution in [-0.2, 0) is 4.74 Å². The maximum Gasteiger partial charge on any atom is 0.339 e. The fourth-order valence-electron chi connectivity index (χ4n) is 1.49. The van der Waals surface area contributed by atoms with Crippen LogP contribution in [-0.4, -0.2) is 27.4 Å². The Kier molecular flexibility index (Phi) is 3.54. The molecule has 0 fully saturated rings. The van der Waals surface area contributed by atoms with Crippen molar-refractivity contribution in [2.75, 3.05) is 6.61 Å². The summed E-state index contributed by atoms with van der Waals surface area (Å²) in [5, 5.41) is 3.40. The highest BCUT2D eigenvalue weighted by atomic mass is 35.5. The molecule has 0 aromatic carbocycles. The van der Waals surface area contributed by atoms with Crippen LogP contribution in [0.5, 0.6) is 0 Å². The van der Waals surface area contributed by atoms with E-state index in [4.69, 9.17) is 27.9 Å². The summed E-state index contributed by atoms with van der Waals surface area (Å²) in [6.07, 6.45) is 2.72. The summed E-state index contributed by atoms with van der Waals surface area (Å²) in [5.41, 5.74) is 0.830. The van der Waals surface area contributed by atoms with Gasteiger partial charge in [-0.25, -0.2) is 9.31 Å². The first-order valence-corrected chi connectivity index (χ1v) is 5.84. The number of hydrogen-bond donors (Lipinski definition) is 0. The first kappa shape index (κ1) is 12.9. The highest BCUT2D eigenvalue weighted by molar-refractivity contribution is 6.69. The molecule has 0 aliphatic carbocycles. The highest BCUT2D eigenvalue weighted by Gasteiger charge is 2.16. The van der Waals surface area contributed by atoms with Crippen molar-refractivity contribution in [1.29, 1.82) is 0 Å². The molecular formula is C11H8Cl2N2O3. The molecule has 7 heteroatoms. The van der Waals surface area contributed by atoms with Gasteiger partial charge in [0.1, 0.15) is 0 Å². The number of carbonyl (C=O) groups is 2. The van der Waals surface area contributed by atoms with E-state index in [0.717, 1.165) is 0 Å². The van der Waals surface area contributed by atoms with Crippen LogP contribution in [0.1, 0.15) is 27.6 Å². The van der Waals surface area contributed by atoms with Gasteiger partial charge in [0.05, 0.1) is 34.5 Å². The van der Waals surface area contributed by atoms with Crippen LogP contribution in [0, 0.1) is 0 Å². The minimum absolute atomic E-state index is 0.0966. The van der Waals surface area contributed by atoms with Crippen LogP contribution >= 0.6 is 23.2 Å². The number of aromatic nitrogens is 2. The molecule has 94 valence electrons. The van der Waals surface area contributed by atoms with Crippen molar-refractivity contribution in [3.8, 4) is 0 Å². The molecule has 0 saturated heterocycles. The quantitative estimate of drug-likeness (QED) is 0.643. The van der Waals surface area contributed by atoms with Crippen molar-refractivity contribution in [2.24, 2.45) is 0 Å². The lowest BCUT2D eigenvalue weighted by Crippen LogP contribution is -2.02. The van der Waals surface area contributed by atoms with Crippen molar-refractivity contribution in [3.63, 3.8) is 0 Å². The van der Waals surface area contributed by atoms with Gasteiger partial charge >= 0.3 is 5.97 Å². The number of esters is 1. The van der Waals surface area contributed by atoms with Gasteiger partial charge in [0, 0.05) is 6.20 Å². The van der Waals surface area contributed by atoms with E-state index in [1.165, 1.54) is 23.0 Å². The van der Waals surface area contributed by atoms with Gasteiger partial charge in [0.25, 0.3) is 5.24 Å². The maximum absolute atomic E-state index is 11.5. The third-order valence-corrected chi connectivity index (χ3v) is 2.90. The molecule has 2 rings (SSSR count). The SMILES string of the molecule is CCOC(=O)c1cc2c(Cl)c(C(=O)Cl)cnn2c1. The Bertz CT molecular complexity index is 636. The van der Waals surface area contributed by atoms with Gasteiger partial charge in [0.2, 0.25) is 0 Å². The van der Waals surface area contributed by atoms with Crippen LogP contribution in [0.2, 0.25) is 5.02 Å². The Morgan fingerprint density at radius 2 is 2.22 bits per heavy atom. The molecule has 0 saturated carbocycles. The Hall–Kier alpha value is -1.59. The van der Waals surface area contributed by atoms with Crippen LogP contribution in [0.3, 0.4) is 0 Å². The zero-order chi connectivity index (χ0) is 13.3. The summed E-state index contributed by atoms with van der Waals surface area (Å²) in [7, 11) is 0. The fraction of sp³-hybridized carbons (Fsp3) is 0.182. The average molecular weight is 287 g/mol. The molecule has 18 heavy (non-hydrogen) atoms. The van der Waals surface area contributed by atoms with Crippen molar-refractivity contribution >= 4 is 39.9 Å². The normalized spacial score (nSPS) is 10.6. The molecular weight excluding hydrogens is 279 g/mol. The molecule has 0 bridgehead atoms. The zero-order valence-corrected chi connectivity index (χ0v) is 10.8. The number of hydrogen-bond acceptors (Lipinski definition) is 4. The summed E-state index contributed by atoms with van der Waals surface area (Å²) in [4.78, 5) is 22.6. The minimum Gasteiger partial charge on any atom is -0.462 e. The first-order valence-electron chi connectivity index (χ1n) is 5.08. The van der Waals surface area contributed by atoms with Crippen LogP contribution in [0.4, 0.5) is 0 Å². The van der Waals surface area contributed by atoms with Crippen LogP contribution in [0.15, 0.2) is 18.5 Å². The predicted octanol–water partition coefficient (Wildman–Crippen LogP) is 2.54. The summed E-state index contributed by atoms with van der Waals surface area (Å²) in [6, 6.07) is 1.50. The van der Waals surface area contributed by atoms with Gasteiger partial charge in [0.15, 0.2) is 0 Å². The Morgan fingerprint density at radius 1 is 1.50 bits per heavy atom. The molecule has 0 spiro atoms. The van der Waals surface area contributed by atoms with Gasteiger partial charge in [-0.3, -0.25) is 4.79 Å². The third-order valence-electron chi connectivity index (χ3n) is 2.30. The second kappa shape index (κ2) is 4.96. The molecule has 0 aliphatic rings. The molecule has 5 nitrogen and oxygen atoms in total. The van der Waals surface area contributed by atoms with Crippen molar-refractivity contribution < 1.29 is 14.3 Å². The monoisotopic (exact) mass is 286 g/mol. The minimum atomic E-state index is -0.700. The van der Waals surface area contributed by atoms with Crippen molar-refractivity contribution in [2.45, 2.75) is 6.92 Å². The summed E-state index contributed by atoms with van der Waals surface area (Å²) >= 11 is 11.4. The van der Waals surface area contributed by atoms with E-state index in [9.17, 15) is 9.59 Å². The molecule has 0 N–H and O–H groups in total. The number of carbonyl (C=O) groups excluding carboxylic acids is 2. The maximum atomic E-state index is 11.5. The smallest absolute Gasteiger partial charge is 0.339 e. The van der Waals surface area contributed by atoms with Gasteiger partial charge in [-0.05, 0) is 24.6 Å². The molecule has 0 aliphatic heterocycles. The van der Waals surface area contributed by atoms with Crippen molar-refractivity contribution in [1.82, 2.24) is 9.61 Å². The molecule has 0 amide bonds. The molecule has 0 atom stereocenters. The number of rotatable bonds is 3. The van der Waals surface area contributed by atoms with E-state index in [1.54, 1.807) is 6.92 Å². The van der Waals surface area contributed by atoms with Crippen LogP contribution < -0.4 is 0 Å². The lowest BCUT2D eigenvalue weighted by atomic mass is 10.3.